The van der Waals surface area contributed by atoms with Crippen LogP contribution in [0.25, 0.3) is 5.82 Å². The third kappa shape index (κ3) is 4.96. The van der Waals surface area contributed by atoms with Gasteiger partial charge in [-0.05, 0) is 49.4 Å². The Morgan fingerprint density at radius 2 is 1.74 bits per heavy atom. The van der Waals surface area contributed by atoms with Crippen molar-refractivity contribution in [3.63, 3.8) is 0 Å². The monoisotopic (exact) mass is 415 g/mol. The van der Waals surface area contributed by atoms with E-state index >= 15 is 0 Å². The molecule has 0 saturated heterocycles. The Kier molecular flexibility index (Phi) is 5.75. The lowest BCUT2D eigenvalue weighted by Crippen LogP contribution is -2.19. The Hall–Kier alpha value is -4.40. The van der Waals surface area contributed by atoms with Crippen molar-refractivity contribution in [2.75, 3.05) is 23.1 Å². The quantitative estimate of drug-likeness (QED) is 0.432. The molecule has 2 heterocycles. The van der Waals surface area contributed by atoms with Crippen LogP contribution in [-0.2, 0) is 0 Å². The van der Waals surface area contributed by atoms with E-state index in [-0.39, 0.29) is 6.03 Å². The van der Waals surface area contributed by atoms with Crippen LogP contribution in [-0.4, -0.2) is 32.9 Å². The number of aryl methyl sites for hydroxylation is 1. The predicted octanol–water partition coefficient (Wildman–Crippen LogP) is 4.37. The van der Waals surface area contributed by atoms with Crippen molar-refractivity contribution in [1.82, 2.24) is 19.7 Å². The molecule has 4 aromatic rings. The molecule has 0 saturated carbocycles. The zero-order valence-electron chi connectivity index (χ0n) is 17.0. The summed E-state index contributed by atoms with van der Waals surface area (Å²) in [7, 11) is 1.56. The maximum Gasteiger partial charge on any atom is 0.323 e. The molecule has 0 unspecified atom stereocenters. The smallest absolute Gasteiger partial charge is 0.323 e. The van der Waals surface area contributed by atoms with Gasteiger partial charge in [-0.15, -0.1) is 0 Å². The first kappa shape index (κ1) is 19.9. The SMILES string of the molecule is COc1ccccc1NC(=O)Nc1ccc(Nc2cc(-n3cccn3)nc(C)n2)cc1. The van der Waals surface area contributed by atoms with E-state index in [1.54, 1.807) is 42.3 Å². The van der Waals surface area contributed by atoms with E-state index < -0.39 is 0 Å². The highest BCUT2D eigenvalue weighted by Gasteiger charge is 2.08. The fraction of sp³-hybridized carbons (Fsp3) is 0.0909. The Balaban J connectivity index is 1.41. The number of benzene rings is 2. The molecule has 156 valence electrons. The minimum Gasteiger partial charge on any atom is -0.495 e. The third-order valence-electron chi connectivity index (χ3n) is 4.33. The molecule has 0 atom stereocenters. The topological polar surface area (TPSA) is 106 Å². The lowest BCUT2D eigenvalue weighted by Gasteiger charge is -2.12. The number of urea groups is 1. The number of anilines is 4. The molecule has 9 heteroatoms. The molecule has 4 rings (SSSR count). The summed E-state index contributed by atoms with van der Waals surface area (Å²) in [5.74, 6) is 2.53. The molecule has 0 aliphatic carbocycles. The van der Waals surface area contributed by atoms with Gasteiger partial charge in [-0.25, -0.2) is 19.4 Å². The van der Waals surface area contributed by atoms with Crippen LogP contribution in [0.5, 0.6) is 5.75 Å². The van der Waals surface area contributed by atoms with E-state index in [4.69, 9.17) is 4.74 Å². The van der Waals surface area contributed by atoms with Gasteiger partial charge in [-0.3, -0.25) is 0 Å². The summed E-state index contributed by atoms with van der Waals surface area (Å²) in [6.07, 6.45) is 3.52. The standard InChI is InChI=1S/C22H21N7O2/c1-15-24-20(14-21(25-15)29-13-5-12-23-29)26-16-8-10-17(11-9-16)27-22(30)28-18-6-3-4-7-19(18)31-2/h3-14H,1-2H3,(H,24,25,26)(H2,27,28,30). The molecule has 0 radical (unpaired) electrons. The number of methoxy groups -OCH3 is 1. The maximum absolute atomic E-state index is 12.3. The lowest BCUT2D eigenvalue weighted by molar-refractivity contribution is 0.262. The van der Waals surface area contributed by atoms with Crippen LogP contribution in [0.3, 0.4) is 0 Å². The number of amides is 2. The van der Waals surface area contributed by atoms with Gasteiger partial charge in [0, 0.05) is 29.8 Å². The number of hydrogen-bond donors (Lipinski definition) is 3. The molecule has 31 heavy (non-hydrogen) atoms. The van der Waals surface area contributed by atoms with Crippen molar-refractivity contribution in [2.24, 2.45) is 0 Å². The fourth-order valence-corrected chi connectivity index (χ4v) is 2.96. The summed E-state index contributed by atoms with van der Waals surface area (Å²) in [5, 5.41) is 13.0. The molecule has 0 spiro atoms. The number of nitrogens with one attached hydrogen (secondary N) is 3. The minimum absolute atomic E-state index is 0.361. The van der Waals surface area contributed by atoms with Gasteiger partial charge >= 0.3 is 6.03 Å². The lowest BCUT2D eigenvalue weighted by atomic mass is 10.2. The summed E-state index contributed by atoms with van der Waals surface area (Å²) in [6, 6.07) is 17.8. The van der Waals surface area contributed by atoms with Gasteiger partial charge in [-0.2, -0.15) is 5.10 Å². The van der Waals surface area contributed by atoms with Gasteiger partial charge in [0.05, 0.1) is 12.8 Å². The molecule has 2 amide bonds. The van der Waals surface area contributed by atoms with Crippen LogP contribution < -0.4 is 20.7 Å². The normalized spacial score (nSPS) is 10.4. The Bertz CT molecular complexity index is 1170. The highest BCUT2D eigenvalue weighted by molar-refractivity contribution is 6.00. The first-order valence-corrected chi connectivity index (χ1v) is 9.54. The number of aromatic nitrogens is 4. The number of carbonyl (C=O) groups is 1. The predicted molar refractivity (Wildman–Crippen MR) is 119 cm³/mol. The van der Waals surface area contributed by atoms with E-state index in [1.165, 1.54) is 0 Å². The highest BCUT2D eigenvalue weighted by Crippen LogP contribution is 2.24. The molecule has 0 aliphatic rings. The van der Waals surface area contributed by atoms with Crippen molar-refractivity contribution in [2.45, 2.75) is 6.92 Å². The molecule has 0 bridgehead atoms. The van der Waals surface area contributed by atoms with Crippen molar-refractivity contribution < 1.29 is 9.53 Å². The molecule has 2 aromatic heterocycles. The van der Waals surface area contributed by atoms with Gasteiger partial charge in [0.25, 0.3) is 0 Å². The molecule has 2 aromatic carbocycles. The summed E-state index contributed by atoms with van der Waals surface area (Å²) in [4.78, 5) is 21.1. The molecular formula is C22H21N7O2. The van der Waals surface area contributed by atoms with Gasteiger partial charge in [0.15, 0.2) is 5.82 Å². The minimum atomic E-state index is -0.361. The molecule has 9 nitrogen and oxygen atoms in total. The number of nitrogens with zero attached hydrogens (tertiary/aromatic N) is 4. The Morgan fingerprint density at radius 3 is 2.48 bits per heavy atom. The Labute approximate surface area is 179 Å². The number of hydrogen-bond acceptors (Lipinski definition) is 6. The van der Waals surface area contributed by atoms with E-state index in [0.717, 1.165) is 5.69 Å². The van der Waals surface area contributed by atoms with Crippen molar-refractivity contribution in [3.05, 3.63) is 78.9 Å². The molecule has 0 aliphatic heterocycles. The summed E-state index contributed by atoms with van der Waals surface area (Å²) in [5.41, 5.74) is 2.06. The van der Waals surface area contributed by atoms with Crippen LogP contribution >= 0.6 is 0 Å². The second-order valence-corrected chi connectivity index (χ2v) is 6.59. The van der Waals surface area contributed by atoms with Crippen molar-refractivity contribution in [3.8, 4) is 11.6 Å². The van der Waals surface area contributed by atoms with Crippen LogP contribution in [0, 0.1) is 6.92 Å². The molecule has 0 fully saturated rings. The molecular weight excluding hydrogens is 394 g/mol. The first-order valence-electron chi connectivity index (χ1n) is 9.54. The summed E-state index contributed by atoms with van der Waals surface area (Å²) >= 11 is 0. The second-order valence-electron chi connectivity index (χ2n) is 6.59. The third-order valence-corrected chi connectivity index (χ3v) is 4.33. The van der Waals surface area contributed by atoms with Crippen LogP contribution in [0.4, 0.5) is 27.7 Å². The zero-order valence-corrected chi connectivity index (χ0v) is 17.0. The second kappa shape index (κ2) is 8.95. The highest BCUT2D eigenvalue weighted by atomic mass is 16.5. The van der Waals surface area contributed by atoms with Crippen LogP contribution in [0.1, 0.15) is 5.82 Å². The van der Waals surface area contributed by atoms with Crippen molar-refractivity contribution in [1.29, 1.82) is 0 Å². The fourth-order valence-electron chi connectivity index (χ4n) is 2.96. The van der Waals surface area contributed by atoms with Gasteiger partial charge in [0.2, 0.25) is 0 Å². The van der Waals surface area contributed by atoms with Crippen LogP contribution in [0.15, 0.2) is 73.1 Å². The maximum atomic E-state index is 12.3. The van der Waals surface area contributed by atoms with Gasteiger partial charge in [0.1, 0.15) is 17.4 Å². The number of para-hydroxylation sites is 2. The van der Waals surface area contributed by atoms with E-state index in [0.29, 0.717) is 34.6 Å². The van der Waals surface area contributed by atoms with E-state index in [1.807, 2.05) is 49.5 Å². The zero-order chi connectivity index (χ0) is 21.6. The van der Waals surface area contributed by atoms with Crippen LogP contribution in [0.2, 0.25) is 0 Å². The van der Waals surface area contributed by atoms with Crippen molar-refractivity contribution >= 4 is 28.9 Å². The number of rotatable bonds is 6. The average Bonchev–Trinajstić information content (AvgIpc) is 3.30. The Morgan fingerprint density at radius 1 is 0.968 bits per heavy atom. The van der Waals surface area contributed by atoms with Gasteiger partial charge < -0.3 is 20.7 Å². The van der Waals surface area contributed by atoms with Gasteiger partial charge in [-0.1, -0.05) is 12.1 Å². The largest absolute Gasteiger partial charge is 0.495 e. The number of carbonyl (C=O) groups excluding carboxylic acids is 1. The van der Waals surface area contributed by atoms with E-state index in [9.17, 15) is 4.79 Å². The average molecular weight is 415 g/mol. The molecule has 3 N–H and O–H groups in total. The first-order chi connectivity index (χ1) is 15.1. The number of ether oxygens (including phenoxy) is 1. The summed E-state index contributed by atoms with van der Waals surface area (Å²) in [6.45, 7) is 1.82. The van der Waals surface area contributed by atoms with E-state index in [2.05, 4.69) is 31.0 Å². The summed E-state index contributed by atoms with van der Waals surface area (Å²) < 4.78 is 6.92.